The second-order valence-electron chi connectivity index (χ2n) is 2.33. The Balaban J connectivity index is 2.81. The van der Waals surface area contributed by atoms with E-state index < -0.39 is 6.61 Å². The first-order chi connectivity index (χ1) is 6.15. The Bertz CT molecular complexity index is 277. The van der Waals surface area contributed by atoms with E-state index in [0.29, 0.717) is 6.54 Å². The summed E-state index contributed by atoms with van der Waals surface area (Å²) in [5.41, 5.74) is 0. The molecule has 1 radical (unpaired) electrons. The summed E-state index contributed by atoms with van der Waals surface area (Å²) in [5, 5.41) is 3.64. The number of hydrogen-bond donors (Lipinski definition) is 0. The van der Waals surface area contributed by atoms with Gasteiger partial charge in [0.25, 0.3) is 0 Å². The van der Waals surface area contributed by atoms with E-state index in [1.165, 1.54) is 4.68 Å². The molecule has 0 aromatic carbocycles. The molecule has 0 aliphatic carbocycles. The Hall–Kier alpha value is -0.840. The number of hydrogen-bond acceptors (Lipinski definition) is 2. The van der Waals surface area contributed by atoms with Gasteiger partial charge in [-0.2, -0.15) is 13.9 Å². The third kappa shape index (κ3) is 2.55. The zero-order valence-corrected chi connectivity index (χ0v) is 7.68. The molecule has 3 nitrogen and oxygen atoms in total. The van der Waals surface area contributed by atoms with Crippen molar-refractivity contribution < 1.29 is 13.5 Å². The fraction of sp³-hybridized carbons (Fsp3) is 0.571. The van der Waals surface area contributed by atoms with Gasteiger partial charge in [0.1, 0.15) is 11.2 Å². The molecule has 1 heterocycles. The van der Waals surface area contributed by atoms with Crippen LogP contribution in [0.2, 0.25) is 5.02 Å². The van der Waals surface area contributed by atoms with Crippen molar-refractivity contribution in [3.8, 4) is 5.88 Å². The van der Waals surface area contributed by atoms with Crippen LogP contribution in [-0.4, -0.2) is 16.4 Å². The van der Waals surface area contributed by atoms with Gasteiger partial charge in [-0.15, -0.1) is 0 Å². The summed E-state index contributed by atoms with van der Waals surface area (Å²) < 4.78 is 29.2. The number of aromatic nitrogens is 2. The SMILES string of the molecule is CCCn1n[c]c(Cl)c1OC(F)F. The van der Waals surface area contributed by atoms with Gasteiger partial charge in [-0.3, -0.25) is 0 Å². The van der Waals surface area contributed by atoms with Gasteiger partial charge in [0.15, 0.2) is 0 Å². The third-order valence-corrected chi connectivity index (χ3v) is 1.57. The molecule has 0 aliphatic rings. The fourth-order valence-electron chi connectivity index (χ4n) is 0.871. The molecular weight excluding hydrogens is 202 g/mol. The van der Waals surface area contributed by atoms with E-state index in [-0.39, 0.29) is 10.9 Å². The van der Waals surface area contributed by atoms with Gasteiger partial charge in [0.05, 0.1) is 0 Å². The van der Waals surface area contributed by atoms with Crippen LogP contribution < -0.4 is 4.74 Å². The lowest BCUT2D eigenvalue weighted by molar-refractivity contribution is -0.0558. The molecule has 1 aromatic heterocycles. The highest BCUT2D eigenvalue weighted by Crippen LogP contribution is 2.24. The molecule has 0 fully saturated rings. The van der Waals surface area contributed by atoms with Crippen LogP contribution in [0.1, 0.15) is 13.3 Å². The molecule has 0 aliphatic heterocycles. The zero-order valence-electron chi connectivity index (χ0n) is 6.93. The average molecular weight is 210 g/mol. The number of halogens is 3. The zero-order chi connectivity index (χ0) is 9.84. The monoisotopic (exact) mass is 209 g/mol. The first-order valence-electron chi connectivity index (χ1n) is 3.74. The van der Waals surface area contributed by atoms with Crippen molar-refractivity contribution in [3.63, 3.8) is 0 Å². The maximum atomic E-state index is 11.9. The van der Waals surface area contributed by atoms with Gasteiger partial charge >= 0.3 is 6.61 Å². The Morgan fingerprint density at radius 3 is 2.92 bits per heavy atom. The van der Waals surface area contributed by atoms with E-state index in [4.69, 9.17) is 11.6 Å². The number of ether oxygens (including phenoxy) is 1. The lowest BCUT2D eigenvalue weighted by Gasteiger charge is -2.06. The van der Waals surface area contributed by atoms with Gasteiger partial charge in [-0.1, -0.05) is 18.5 Å². The topological polar surface area (TPSA) is 27.1 Å². The summed E-state index contributed by atoms with van der Waals surface area (Å²) in [4.78, 5) is 0. The van der Waals surface area contributed by atoms with Gasteiger partial charge < -0.3 is 4.74 Å². The van der Waals surface area contributed by atoms with Crippen molar-refractivity contribution in [1.82, 2.24) is 9.78 Å². The lowest BCUT2D eigenvalue weighted by Crippen LogP contribution is -2.09. The largest absolute Gasteiger partial charge is 0.416 e. The number of nitrogens with zero attached hydrogens (tertiary/aromatic N) is 2. The molecular formula is C7H8ClF2N2O. The summed E-state index contributed by atoms with van der Waals surface area (Å²) in [6, 6.07) is 0. The van der Waals surface area contributed by atoms with E-state index in [1.807, 2.05) is 6.92 Å². The van der Waals surface area contributed by atoms with Crippen molar-refractivity contribution in [2.45, 2.75) is 26.5 Å². The van der Waals surface area contributed by atoms with Crippen LogP contribution in [0, 0.1) is 6.20 Å². The van der Waals surface area contributed by atoms with Crippen molar-refractivity contribution in [2.24, 2.45) is 0 Å². The normalized spacial score (nSPS) is 10.8. The minimum Gasteiger partial charge on any atom is -0.416 e. The lowest BCUT2D eigenvalue weighted by atomic mass is 10.5. The molecule has 0 N–H and O–H groups in total. The molecule has 0 saturated carbocycles. The van der Waals surface area contributed by atoms with Crippen LogP contribution in [0.15, 0.2) is 0 Å². The summed E-state index contributed by atoms with van der Waals surface area (Å²) in [6.45, 7) is -0.522. The van der Waals surface area contributed by atoms with Crippen LogP contribution in [0.5, 0.6) is 5.88 Å². The van der Waals surface area contributed by atoms with Gasteiger partial charge in [-0.05, 0) is 6.42 Å². The van der Waals surface area contributed by atoms with Crippen molar-refractivity contribution in [2.75, 3.05) is 0 Å². The number of alkyl halides is 2. The minimum atomic E-state index is -2.89. The predicted octanol–water partition coefficient (Wildman–Crippen LogP) is 2.35. The van der Waals surface area contributed by atoms with Crippen LogP contribution in [0.25, 0.3) is 0 Å². The number of rotatable bonds is 4. The summed E-state index contributed by atoms with van der Waals surface area (Å²) in [6.07, 6.45) is 3.10. The predicted molar refractivity (Wildman–Crippen MR) is 43.0 cm³/mol. The van der Waals surface area contributed by atoms with E-state index in [1.54, 1.807) is 0 Å². The first-order valence-corrected chi connectivity index (χ1v) is 4.11. The molecule has 73 valence electrons. The molecule has 0 atom stereocenters. The second kappa shape index (κ2) is 4.41. The van der Waals surface area contributed by atoms with E-state index >= 15 is 0 Å². The molecule has 0 unspecified atom stereocenters. The molecule has 1 aromatic rings. The van der Waals surface area contributed by atoms with E-state index in [2.05, 4.69) is 16.0 Å². The molecule has 0 spiro atoms. The summed E-state index contributed by atoms with van der Waals surface area (Å²) in [5.74, 6) is -0.126. The van der Waals surface area contributed by atoms with Gasteiger partial charge in [-0.25, -0.2) is 4.68 Å². The Labute approximate surface area is 79.2 Å². The Morgan fingerprint density at radius 1 is 1.69 bits per heavy atom. The summed E-state index contributed by atoms with van der Waals surface area (Å²) in [7, 11) is 0. The minimum absolute atomic E-state index is 0.0197. The second-order valence-corrected chi connectivity index (χ2v) is 2.71. The van der Waals surface area contributed by atoms with Gasteiger partial charge in [0, 0.05) is 6.54 Å². The Morgan fingerprint density at radius 2 is 2.38 bits per heavy atom. The highest BCUT2D eigenvalue weighted by Gasteiger charge is 2.14. The maximum absolute atomic E-state index is 11.9. The van der Waals surface area contributed by atoms with Crippen LogP contribution in [0.3, 0.4) is 0 Å². The van der Waals surface area contributed by atoms with Crippen molar-refractivity contribution >= 4 is 11.6 Å². The van der Waals surface area contributed by atoms with Crippen LogP contribution in [-0.2, 0) is 6.54 Å². The van der Waals surface area contributed by atoms with Crippen molar-refractivity contribution in [3.05, 3.63) is 11.2 Å². The van der Waals surface area contributed by atoms with E-state index in [0.717, 1.165) is 6.42 Å². The highest BCUT2D eigenvalue weighted by atomic mass is 35.5. The van der Waals surface area contributed by atoms with Crippen LogP contribution in [0.4, 0.5) is 8.78 Å². The summed E-state index contributed by atoms with van der Waals surface area (Å²) >= 11 is 5.53. The van der Waals surface area contributed by atoms with Gasteiger partial charge in [0.2, 0.25) is 5.88 Å². The number of aryl methyl sites for hydroxylation is 1. The molecule has 6 heteroatoms. The molecule has 0 bridgehead atoms. The average Bonchev–Trinajstić information content (AvgIpc) is 2.36. The quantitative estimate of drug-likeness (QED) is 0.761. The van der Waals surface area contributed by atoms with Crippen molar-refractivity contribution in [1.29, 1.82) is 0 Å². The highest BCUT2D eigenvalue weighted by molar-refractivity contribution is 6.31. The third-order valence-electron chi connectivity index (χ3n) is 1.33. The molecule has 13 heavy (non-hydrogen) atoms. The maximum Gasteiger partial charge on any atom is 0.388 e. The smallest absolute Gasteiger partial charge is 0.388 e. The van der Waals surface area contributed by atoms with Crippen LogP contribution >= 0.6 is 11.6 Å². The fourth-order valence-corrected chi connectivity index (χ4v) is 1.05. The molecule has 0 amide bonds. The Kier molecular flexibility index (Phi) is 3.48. The molecule has 0 saturated heterocycles. The standard InChI is InChI=1S/C7H8ClF2N2O/c1-2-3-12-6(13-7(9)10)5(8)4-11-12/h7H,2-3H2,1H3. The molecule has 1 rings (SSSR count). The van der Waals surface area contributed by atoms with E-state index in [9.17, 15) is 8.78 Å². The first kappa shape index (κ1) is 10.2.